The molecule has 0 bridgehead atoms. The van der Waals surface area contributed by atoms with Crippen LogP contribution in [0.3, 0.4) is 0 Å². The van der Waals surface area contributed by atoms with Crippen molar-refractivity contribution < 1.29 is 27.8 Å². The topological polar surface area (TPSA) is 77.2 Å². The van der Waals surface area contributed by atoms with Crippen LogP contribution in [-0.2, 0) is 0 Å². The molecule has 0 radical (unpaired) electrons. The van der Waals surface area contributed by atoms with Crippen molar-refractivity contribution >= 4 is 17.6 Å². The van der Waals surface area contributed by atoms with Crippen LogP contribution in [-0.4, -0.2) is 38.6 Å². The number of aromatic carboxylic acids is 1. The number of halogens is 4. The predicted octanol–water partition coefficient (Wildman–Crippen LogP) is 3.73. The number of hydrogen-bond donors (Lipinski definition) is 1. The zero-order chi connectivity index (χ0) is 18.2. The molecule has 1 aliphatic carbocycles. The molecule has 0 saturated heterocycles. The summed E-state index contributed by atoms with van der Waals surface area (Å²) >= 11 is 5.78. The summed E-state index contributed by atoms with van der Waals surface area (Å²) in [5.74, 6) is -0.888. The number of carboxylic acids is 1. The van der Waals surface area contributed by atoms with E-state index in [2.05, 4.69) is 10.1 Å². The third-order valence-corrected chi connectivity index (χ3v) is 4.31. The molecule has 0 spiro atoms. The standard InChI is InChI=1S/C15H13ClF3N3O3/c16-10-7-9(13(23)24)8-11(20-10)22-5-1-12(21-22)25-6-4-14(2-3-14)15(17,18)19/h1,5,7-8H,2-4,6H2,(H,23,24). The van der Waals surface area contributed by atoms with E-state index in [0.717, 1.165) is 0 Å². The van der Waals surface area contributed by atoms with Crippen LogP contribution in [0.5, 0.6) is 5.88 Å². The van der Waals surface area contributed by atoms with Gasteiger partial charge in [0.25, 0.3) is 0 Å². The SMILES string of the molecule is O=C(O)c1cc(Cl)nc(-n2ccc(OCCC3(C(F)(F)F)CC3)n2)c1. The van der Waals surface area contributed by atoms with E-state index in [-0.39, 0.29) is 48.3 Å². The van der Waals surface area contributed by atoms with Crippen molar-refractivity contribution in [2.75, 3.05) is 6.61 Å². The lowest BCUT2D eigenvalue weighted by atomic mass is 10.0. The molecule has 2 aromatic heterocycles. The quantitative estimate of drug-likeness (QED) is 0.778. The minimum absolute atomic E-state index is 0.0197. The van der Waals surface area contributed by atoms with E-state index in [1.165, 1.54) is 29.1 Å². The lowest BCUT2D eigenvalue weighted by Gasteiger charge is -2.18. The van der Waals surface area contributed by atoms with E-state index in [1.54, 1.807) is 0 Å². The maximum absolute atomic E-state index is 12.8. The summed E-state index contributed by atoms with van der Waals surface area (Å²) in [6, 6.07) is 3.92. The van der Waals surface area contributed by atoms with Crippen LogP contribution in [0.15, 0.2) is 24.4 Å². The van der Waals surface area contributed by atoms with Crippen molar-refractivity contribution in [2.24, 2.45) is 5.41 Å². The average Bonchev–Trinajstić information content (AvgIpc) is 3.17. The first-order valence-electron chi connectivity index (χ1n) is 7.37. The summed E-state index contributed by atoms with van der Waals surface area (Å²) in [7, 11) is 0. The zero-order valence-electron chi connectivity index (χ0n) is 12.8. The number of hydrogen-bond acceptors (Lipinski definition) is 4. The first kappa shape index (κ1) is 17.5. The van der Waals surface area contributed by atoms with Crippen molar-refractivity contribution in [1.29, 1.82) is 0 Å². The molecule has 1 N–H and O–H groups in total. The molecule has 2 aromatic rings. The molecule has 0 aromatic carbocycles. The molecular formula is C15H13ClF3N3O3. The third kappa shape index (κ3) is 3.71. The van der Waals surface area contributed by atoms with E-state index in [9.17, 15) is 18.0 Å². The maximum Gasteiger partial charge on any atom is 0.394 e. The van der Waals surface area contributed by atoms with Gasteiger partial charge in [0.15, 0.2) is 5.82 Å². The summed E-state index contributed by atoms with van der Waals surface area (Å²) < 4.78 is 45.1. The second-order valence-electron chi connectivity index (χ2n) is 5.82. The average molecular weight is 376 g/mol. The van der Waals surface area contributed by atoms with Crippen molar-refractivity contribution in [3.8, 4) is 11.7 Å². The van der Waals surface area contributed by atoms with Crippen molar-refractivity contribution in [3.05, 3.63) is 35.1 Å². The fourth-order valence-electron chi connectivity index (χ4n) is 2.41. The van der Waals surface area contributed by atoms with Gasteiger partial charge in [0, 0.05) is 12.3 Å². The van der Waals surface area contributed by atoms with E-state index in [4.69, 9.17) is 21.4 Å². The Bertz CT molecular complexity index is 803. The Morgan fingerprint density at radius 2 is 2.12 bits per heavy atom. The van der Waals surface area contributed by atoms with Gasteiger partial charge in [-0.2, -0.15) is 13.2 Å². The number of nitrogens with zero attached hydrogens (tertiary/aromatic N) is 3. The summed E-state index contributed by atoms with van der Waals surface area (Å²) in [4.78, 5) is 15.0. The highest BCUT2D eigenvalue weighted by atomic mass is 35.5. The van der Waals surface area contributed by atoms with Crippen LogP contribution < -0.4 is 4.74 Å². The number of rotatable bonds is 6. The third-order valence-electron chi connectivity index (χ3n) is 4.11. The normalized spacial score (nSPS) is 15.8. The van der Waals surface area contributed by atoms with Crippen LogP contribution >= 0.6 is 11.6 Å². The lowest BCUT2D eigenvalue weighted by molar-refractivity contribution is -0.190. The Hall–Kier alpha value is -2.29. The molecule has 1 saturated carbocycles. The van der Waals surface area contributed by atoms with Gasteiger partial charge in [-0.05, 0) is 31.4 Å². The first-order valence-corrected chi connectivity index (χ1v) is 7.74. The van der Waals surface area contributed by atoms with Crippen LogP contribution in [0.2, 0.25) is 5.15 Å². The summed E-state index contributed by atoms with van der Waals surface area (Å²) in [5, 5.41) is 13.0. The Morgan fingerprint density at radius 1 is 1.40 bits per heavy atom. The second-order valence-corrected chi connectivity index (χ2v) is 6.20. The molecule has 2 heterocycles. The summed E-state index contributed by atoms with van der Waals surface area (Å²) in [6.07, 6.45) is -2.64. The maximum atomic E-state index is 12.8. The largest absolute Gasteiger partial charge is 0.478 e. The number of carbonyl (C=O) groups is 1. The van der Waals surface area contributed by atoms with Crippen molar-refractivity contribution in [3.63, 3.8) is 0 Å². The van der Waals surface area contributed by atoms with E-state index >= 15 is 0 Å². The highest BCUT2D eigenvalue weighted by Crippen LogP contribution is 2.59. The molecule has 0 unspecified atom stereocenters. The molecule has 0 amide bonds. The van der Waals surface area contributed by atoms with Crippen molar-refractivity contribution in [1.82, 2.24) is 14.8 Å². The molecule has 6 nitrogen and oxygen atoms in total. The van der Waals surface area contributed by atoms with Crippen LogP contribution in [0.25, 0.3) is 5.82 Å². The van der Waals surface area contributed by atoms with Gasteiger partial charge in [-0.1, -0.05) is 11.6 Å². The number of aromatic nitrogens is 3. The molecule has 134 valence electrons. The van der Waals surface area contributed by atoms with Gasteiger partial charge >= 0.3 is 12.1 Å². The highest BCUT2D eigenvalue weighted by Gasteiger charge is 2.62. The Labute approximate surface area is 145 Å². The number of carboxylic acid groups (broad SMARTS) is 1. The van der Waals surface area contributed by atoms with Gasteiger partial charge in [-0.15, -0.1) is 5.10 Å². The van der Waals surface area contributed by atoms with E-state index < -0.39 is 17.6 Å². The molecule has 3 rings (SSSR count). The molecule has 1 fully saturated rings. The van der Waals surface area contributed by atoms with Gasteiger partial charge in [0.2, 0.25) is 5.88 Å². The smallest absolute Gasteiger partial charge is 0.394 e. The molecule has 0 atom stereocenters. The molecular weight excluding hydrogens is 363 g/mol. The monoisotopic (exact) mass is 375 g/mol. The highest BCUT2D eigenvalue weighted by molar-refractivity contribution is 6.29. The first-order chi connectivity index (χ1) is 11.7. The molecule has 0 aliphatic heterocycles. The van der Waals surface area contributed by atoms with E-state index in [1.807, 2.05) is 0 Å². The fraction of sp³-hybridized carbons (Fsp3) is 0.400. The molecule has 10 heteroatoms. The van der Waals surface area contributed by atoms with Crippen LogP contribution in [0.1, 0.15) is 29.6 Å². The Balaban J connectivity index is 1.66. The van der Waals surface area contributed by atoms with Gasteiger partial charge < -0.3 is 9.84 Å². The fourth-order valence-corrected chi connectivity index (χ4v) is 2.62. The summed E-state index contributed by atoms with van der Waals surface area (Å²) in [6.45, 7) is -0.111. The van der Waals surface area contributed by atoms with Crippen LogP contribution in [0, 0.1) is 5.41 Å². The van der Waals surface area contributed by atoms with Gasteiger partial charge in [-0.3, -0.25) is 0 Å². The molecule has 1 aliphatic rings. The minimum Gasteiger partial charge on any atom is -0.478 e. The van der Waals surface area contributed by atoms with Crippen molar-refractivity contribution in [2.45, 2.75) is 25.4 Å². The number of pyridine rings is 1. The van der Waals surface area contributed by atoms with Gasteiger partial charge in [0.05, 0.1) is 17.6 Å². The number of ether oxygens (including phenoxy) is 1. The minimum atomic E-state index is -4.21. The van der Waals surface area contributed by atoms with Crippen LogP contribution in [0.4, 0.5) is 13.2 Å². The van der Waals surface area contributed by atoms with E-state index in [0.29, 0.717) is 0 Å². The van der Waals surface area contributed by atoms with Gasteiger partial charge in [0.1, 0.15) is 5.15 Å². The zero-order valence-corrected chi connectivity index (χ0v) is 13.5. The van der Waals surface area contributed by atoms with Gasteiger partial charge in [-0.25, -0.2) is 14.5 Å². The Morgan fingerprint density at radius 3 is 2.72 bits per heavy atom. The summed E-state index contributed by atoms with van der Waals surface area (Å²) in [5.41, 5.74) is -1.69. The molecule has 25 heavy (non-hydrogen) atoms. The lowest BCUT2D eigenvalue weighted by Crippen LogP contribution is -2.26. The Kier molecular flexibility index (Phi) is 4.36. The second kappa shape index (κ2) is 6.21. The number of alkyl halides is 3. The predicted molar refractivity (Wildman–Crippen MR) is 81.2 cm³/mol.